The van der Waals surface area contributed by atoms with Crippen molar-refractivity contribution in [3.8, 4) is 0 Å². The number of rotatable bonds is 11. The Morgan fingerprint density at radius 3 is 2.48 bits per heavy atom. The molecule has 4 heteroatoms. The van der Waals surface area contributed by atoms with Crippen molar-refractivity contribution in [2.24, 2.45) is 5.92 Å². The van der Waals surface area contributed by atoms with Crippen LogP contribution in [0.1, 0.15) is 25.8 Å². The molecule has 0 heterocycles. The summed E-state index contributed by atoms with van der Waals surface area (Å²) in [6.45, 7) is 7.65. The molecule has 1 aromatic carbocycles. The van der Waals surface area contributed by atoms with Gasteiger partial charge in [0.25, 0.3) is 0 Å². The summed E-state index contributed by atoms with van der Waals surface area (Å²) in [7, 11) is 1.73. The van der Waals surface area contributed by atoms with Crippen molar-refractivity contribution in [1.82, 2.24) is 5.32 Å². The van der Waals surface area contributed by atoms with Gasteiger partial charge in [-0.15, -0.1) is 0 Å². The van der Waals surface area contributed by atoms with Crippen molar-refractivity contribution in [1.29, 1.82) is 0 Å². The quantitative estimate of drug-likeness (QED) is 0.613. The smallest absolute Gasteiger partial charge is 0.0587 e. The van der Waals surface area contributed by atoms with Crippen molar-refractivity contribution in [3.63, 3.8) is 0 Å². The van der Waals surface area contributed by atoms with Gasteiger partial charge >= 0.3 is 0 Å². The normalized spacial score (nSPS) is 12.8. The second kappa shape index (κ2) is 11.2. The zero-order chi connectivity index (χ0) is 15.5. The van der Waals surface area contributed by atoms with E-state index in [2.05, 4.69) is 59.4 Å². The van der Waals surface area contributed by atoms with Gasteiger partial charge in [-0.1, -0.05) is 28.1 Å². The lowest BCUT2D eigenvalue weighted by Crippen LogP contribution is -2.28. The predicted molar refractivity (Wildman–Crippen MR) is 91.8 cm³/mol. The maximum Gasteiger partial charge on any atom is 0.0587 e. The third-order valence-electron chi connectivity index (χ3n) is 3.33. The van der Waals surface area contributed by atoms with Crippen LogP contribution in [0.3, 0.4) is 0 Å². The Morgan fingerprint density at radius 1 is 1.14 bits per heavy atom. The maximum atomic E-state index is 5.70. The standard InChI is InChI=1S/C17H28BrNO2/c1-14(2)21-10-8-16(13-19-9-11-20-3)12-15-4-6-17(18)7-5-15/h4-7,14,16,19H,8-13H2,1-3H3. The topological polar surface area (TPSA) is 30.5 Å². The number of hydrogen-bond acceptors (Lipinski definition) is 3. The lowest BCUT2D eigenvalue weighted by atomic mass is 9.96. The highest BCUT2D eigenvalue weighted by atomic mass is 79.9. The zero-order valence-electron chi connectivity index (χ0n) is 13.4. The molecular weight excluding hydrogens is 330 g/mol. The van der Waals surface area contributed by atoms with Crippen LogP contribution >= 0.6 is 15.9 Å². The molecule has 0 radical (unpaired) electrons. The minimum atomic E-state index is 0.305. The van der Waals surface area contributed by atoms with E-state index in [0.29, 0.717) is 12.0 Å². The van der Waals surface area contributed by atoms with Crippen LogP contribution in [0.4, 0.5) is 0 Å². The third-order valence-corrected chi connectivity index (χ3v) is 3.86. The molecule has 0 spiro atoms. The molecular formula is C17H28BrNO2. The number of benzene rings is 1. The largest absolute Gasteiger partial charge is 0.383 e. The molecule has 0 aromatic heterocycles. The Bertz CT molecular complexity index is 368. The lowest BCUT2D eigenvalue weighted by molar-refractivity contribution is 0.0681. The Morgan fingerprint density at radius 2 is 1.86 bits per heavy atom. The molecule has 0 aliphatic carbocycles. The van der Waals surface area contributed by atoms with E-state index in [1.54, 1.807) is 7.11 Å². The lowest BCUT2D eigenvalue weighted by Gasteiger charge is -2.19. The molecule has 21 heavy (non-hydrogen) atoms. The average molecular weight is 358 g/mol. The van der Waals surface area contributed by atoms with Gasteiger partial charge in [-0.2, -0.15) is 0 Å². The van der Waals surface area contributed by atoms with E-state index >= 15 is 0 Å². The number of ether oxygens (including phenoxy) is 2. The van der Waals surface area contributed by atoms with Gasteiger partial charge in [0.15, 0.2) is 0 Å². The van der Waals surface area contributed by atoms with Crippen molar-refractivity contribution >= 4 is 15.9 Å². The summed E-state index contributed by atoms with van der Waals surface area (Å²) >= 11 is 3.48. The summed E-state index contributed by atoms with van der Waals surface area (Å²) < 4.78 is 11.9. The fourth-order valence-corrected chi connectivity index (χ4v) is 2.45. The van der Waals surface area contributed by atoms with E-state index in [4.69, 9.17) is 9.47 Å². The highest BCUT2D eigenvalue weighted by Crippen LogP contribution is 2.16. The van der Waals surface area contributed by atoms with Gasteiger partial charge < -0.3 is 14.8 Å². The molecule has 0 amide bonds. The molecule has 120 valence electrons. The molecule has 0 bridgehead atoms. The third kappa shape index (κ3) is 9.25. The van der Waals surface area contributed by atoms with E-state index in [1.165, 1.54) is 5.56 Å². The van der Waals surface area contributed by atoms with Gasteiger partial charge in [-0.3, -0.25) is 0 Å². The first-order chi connectivity index (χ1) is 10.1. The molecule has 3 nitrogen and oxygen atoms in total. The highest BCUT2D eigenvalue weighted by Gasteiger charge is 2.10. The predicted octanol–water partition coefficient (Wildman–Crippen LogP) is 3.66. The van der Waals surface area contributed by atoms with Gasteiger partial charge in [0.05, 0.1) is 12.7 Å². The first-order valence-electron chi connectivity index (χ1n) is 7.67. The molecule has 0 saturated carbocycles. The molecule has 0 saturated heterocycles. The SMILES string of the molecule is COCCNCC(CCOC(C)C)Cc1ccc(Br)cc1. The molecule has 1 N–H and O–H groups in total. The van der Waals surface area contributed by atoms with E-state index in [-0.39, 0.29) is 0 Å². The number of nitrogens with one attached hydrogen (secondary N) is 1. The van der Waals surface area contributed by atoms with Crippen molar-refractivity contribution in [2.75, 3.05) is 33.4 Å². The molecule has 0 aliphatic heterocycles. The van der Waals surface area contributed by atoms with E-state index < -0.39 is 0 Å². The second-order valence-corrected chi connectivity index (χ2v) is 6.52. The Labute approximate surface area is 137 Å². The molecule has 1 unspecified atom stereocenters. The molecule has 0 aliphatic rings. The van der Waals surface area contributed by atoms with Crippen LogP contribution in [0.15, 0.2) is 28.7 Å². The van der Waals surface area contributed by atoms with Crippen molar-refractivity contribution < 1.29 is 9.47 Å². The van der Waals surface area contributed by atoms with Crippen LogP contribution < -0.4 is 5.32 Å². The Balaban J connectivity index is 2.43. The van der Waals surface area contributed by atoms with E-state index in [0.717, 1.165) is 43.6 Å². The highest BCUT2D eigenvalue weighted by molar-refractivity contribution is 9.10. The average Bonchev–Trinajstić information content (AvgIpc) is 2.45. The zero-order valence-corrected chi connectivity index (χ0v) is 15.0. The van der Waals surface area contributed by atoms with Crippen LogP contribution in [-0.2, 0) is 15.9 Å². The first kappa shape index (κ1) is 18.6. The Kier molecular flexibility index (Phi) is 9.92. The van der Waals surface area contributed by atoms with Crippen LogP contribution in [0, 0.1) is 5.92 Å². The van der Waals surface area contributed by atoms with Crippen LogP contribution in [0.25, 0.3) is 0 Å². The maximum absolute atomic E-state index is 5.70. The fraction of sp³-hybridized carbons (Fsp3) is 0.647. The van der Waals surface area contributed by atoms with E-state index in [9.17, 15) is 0 Å². The number of hydrogen-bond donors (Lipinski definition) is 1. The van der Waals surface area contributed by atoms with Crippen LogP contribution in [0.5, 0.6) is 0 Å². The van der Waals surface area contributed by atoms with Crippen LogP contribution in [-0.4, -0.2) is 39.5 Å². The monoisotopic (exact) mass is 357 g/mol. The van der Waals surface area contributed by atoms with Crippen molar-refractivity contribution in [3.05, 3.63) is 34.3 Å². The minimum absolute atomic E-state index is 0.305. The fourth-order valence-electron chi connectivity index (χ4n) is 2.18. The van der Waals surface area contributed by atoms with Gasteiger partial charge in [0.1, 0.15) is 0 Å². The summed E-state index contributed by atoms with van der Waals surface area (Å²) in [4.78, 5) is 0. The van der Waals surface area contributed by atoms with Gasteiger partial charge in [0, 0.05) is 24.7 Å². The number of halogens is 1. The Hall–Kier alpha value is -0.420. The summed E-state index contributed by atoms with van der Waals surface area (Å²) in [6, 6.07) is 8.59. The van der Waals surface area contributed by atoms with Gasteiger partial charge in [-0.25, -0.2) is 0 Å². The molecule has 0 fully saturated rings. The second-order valence-electron chi connectivity index (χ2n) is 5.60. The van der Waals surface area contributed by atoms with Gasteiger partial charge in [-0.05, 0) is 56.8 Å². The molecule has 1 aromatic rings. The van der Waals surface area contributed by atoms with Crippen LogP contribution in [0.2, 0.25) is 0 Å². The number of methoxy groups -OCH3 is 1. The van der Waals surface area contributed by atoms with Gasteiger partial charge in [0.2, 0.25) is 0 Å². The van der Waals surface area contributed by atoms with E-state index in [1.807, 2.05) is 0 Å². The summed E-state index contributed by atoms with van der Waals surface area (Å²) in [5, 5.41) is 3.47. The summed E-state index contributed by atoms with van der Waals surface area (Å²) in [5.74, 6) is 0.585. The summed E-state index contributed by atoms with van der Waals surface area (Å²) in [5.41, 5.74) is 1.38. The molecule has 1 rings (SSSR count). The minimum Gasteiger partial charge on any atom is -0.383 e. The molecule has 1 atom stereocenters. The van der Waals surface area contributed by atoms with Crippen molar-refractivity contribution in [2.45, 2.75) is 32.8 Å². The first-order valence-corrected chi connectivity index (χ1v) is 8.46. The summed E-state index contributed by atoms with van der Waals surface area (Å²) in [6.07, 6.45) is 2.46.